The van der Waals surface area contributed by atoms with Crippen molar-refractivity contribution in [2.45, 2.75) is 31.7 Å². The van der Waals surface area contributed by atoms with Crippen molar-refractivity contribution in [3.05, 3.63) is 53.4 Å². The maximum absolute atomic E-state index is 12.9. The first-order chi connectivity index (χ1) is 14.0. The number of benzene rings is 1. The number of nitrogens with one attached hydrogen (secondary N) is 2. The van der Waals surface area contributed by atoms with Gasteiger partial charge in [-0.3, -0.25) is 14.4 Å². The normalized spacial score (nSPS) is 20.8. The minimum Gasteiger partial charge on any atom is -0.481 e. The molecule has 0 spiro atoms. The van der Waals surface area contributed by atoms with Gasteiger partial charge in [0.25, 0.3) is 5.91 Å². The van der Waals surface area contributed by atoms with Gasteiger partial charge in [0.1, 0.15) is 5.00 Å². The van der Waals surface area contributed by atoms with E-state index in [1.54, 1.807) is 6.08 Å². The molecule has 0 unspecified atom stereocenters. The van der Waals surface area contributed by atoms with Crippen LogP contribution in [0.2, 0.25) is 0 Å². The van der Waals surface area contributed by atoms with E-state index >= 15 is 0 Å². The standard InChI is InChI=1S/C22H22N2O4S/c25-19(15-8-4-5-9-16(15)22(27)28)24-21-18(20(26)23-14-10-11-14)17(12-29-21)13-6-2-1-3-7-13/h1-7,12,14-16H,8-11H2,(H,23,26)(H,24,25)(H,27,28)/t15-,16-/m1/s1. The molecular weight excluding hydrogens is 388 g/mol. The summed E-state index contributed by atoms with van der Waals surface area (Å²) in [6.07, 6.45) is 6.29. The molecule has 7 heteroatoms. The van der Waals surface area contributed by atoms with Crippen molar-refractivity contribution in [3.63, 3.8) is 0 Å². The fourth-order valence-corrected chi connectivity index (χ4v) is 4.54. The van der Waals surface area contributed by atoms with Crippen LogP contribution in [0.25, 0.3) is 11.1 Å². The van der Waals surface area contributed by atoms with Crippen molar-refractivity contribution in [3.8, 4) is 11.1 Å². The summed E-state index contributed by atoms with van der Waals surface area (Å²) in [6.45, 7) is 0. The summed E-state index contributed by atoms with van der Waals surface area (Å²) in [4.78, 5) is 37.4. The van der Waals surface area contributed by atoms with Gasteiger partial charge in [-0.2, -0.15) is 0 Å². The Hall–Kier alpha value is -2.93. The van der Waals surface area contributed by atoms with Gasteiger partial charge < -0.3 is 15.7 Å². The molecule has 0 bridgehead atoms. The van der Waals surface area contributed by atoms with E-state index in [1.807, 2.05) is 41.8 Å². The highest BCUT2D eigenvalue weighted by molar-refractivity contribution is 7.15. The van der Waals surface area contributed by atoms with Crippen LogP contribution >= 0.6 is 11.3 Å². The topological polar surface area (TPSA) is 95.5 Å². The number of thiophene rings is 1. The quantitative estimate of drug-likeness (QED) is 0.629. The minimum absolute atomic E-state index is 0.189. The first kappa shape index (κ1) is 19.4. The first-order valence-corrected chi connectivity index (χ1v) is 10.6. The Morgan fingerprint density at radius 3 is 2.34 bits per heavy atom. The Morgan fingerprint density at radius 2 is 1.69 bits per heavy atom. The van der Waals surface area contributed by atoms with Gasteiger partial charge in [-0.05, 0) is 31.2 Å². The molecular formula is C22H22N2O4S. The van der Waals surface area contributed by atoms with E-state index in [4.69, 9.17) is 0 Å². The molecule has 2 aliphatic rings. The zero-order valence-corrected chi connectivity index (χ0v) is 16.6. The van der Waals surface area contributed by atoms with Crippen LogP contribution in [-0.4, -0.2) is 28.9 Å². The minimum atomic E-state index is -0.975. The average Bonchev–Trinajstić information content (AvgIpc) is 3.45. The van der Waals surface area contributed by atoms with E-state index in [-0.39, 0.29) is 17.9 Å². The molecule has 2 aliphatic carbocycles. The van der Waals surface area contributed by atoms with Gasteiger partial charge in [-0.15, -0.1) is 11.3 Å². The fourth-order valence-electron chi connectivity index (χ4n) is 3.57. The van der Waals surface area contributed by atoms with Crippen molar-refractivity contribution in [1.29, 1.82) is 0 Å². The maximum Gasteiger partial charge on any atom is 0.307 e. The summed E-state index contributed by atoms with van der Waals surface area (Å²) in [6, 6.07) is 9.75. The number of carbonyl (C=O) groups excluding carboxylic acids is 2. The Balaban J connectivity index is 1.63. The lowest BCUT2D eigenvalue weighted by molar-refractivity contribution is -0.146. The van der Waals surface area contributed by atoms with Crippen LogP contribution in [0.3, 0.4) is 0 Å². The molecule has 0 aliphatic heterocycles. The largest absolute Gasteiger partial charge is 0.481 e. The number of anilines is 1. The van der Waals surface area contributed by atoms with Crippen molar-refractivity contribution < 1.29 is 19.5 Å². The molecule has 150 valence electrons. The number of allylic oxidation sites excluding steroid dienone is 2. The third kappa shape index (κ3) is 4.24. The van der Waals surface area contributed by atoms with Crippen molar-refractivity contribution in [1.82, 2.24) is 5.32 Å². The molecule has 1 aromatic heterocycles. The van der Waals surface area contributed by atoms with Gasteiger partial charge in [-0.25, -0.2) is 0 Å². The molecule has 2 aromatic rings. The molecule has 0 radical (unpaired) electrons. The predicted octanol–water partition coefficient (Wildman–Crippen LogP) is 3.91. The second kappa shape index (κ2) is 8.21. The highest BCUT2D eigenvalue weighted by Crippen LogP contribution is 2.37. The number of rotatable bonds is 6. The first-order valence-electron chi connectivity index (χ1n) is 9.71. The van der Waals surface area contributed by atoms with Crippen LogP contribution in [0.15, 0.2) is 47.9 Å². The highest BCUT2D eigenvalue weighted by atomic mass is 32.1. The van der Waals surface area contributed by atoms with Crippen LogP contribution in [0, 0.1) is 11.8 Å². The van der Waals surface area contributed by atoms with Gasteiger partial charge in [0.2, 0.25) is 5.91 Å². The predicted molar refractivity (Wildman–Crippen MR) is 112 cm³/mol. The molecule has 2 atom stereocenters. The number of hydrogen-bond acceptors (Lipinski definition) is 4. The second-order valence-electron chi connectivity index (χ2n) is 7.45. The number of hydrogen-bond donors (Lipinski definition) is 3. The van der Waals surface area contributed by atoms with E-state index < -0.39 is 17.8 Å². The number of aliphatic carboxylic acids is 1. The van der Waals surface area contributed by atoms with Crippen LogP contribution in [0.5, 0.6) is 0 Å². The number of amides is 2. The van der Waals surface area contributed by atoms with Crippen molar-refractivity contribution in [2.24, 2.45) is 11.8 Å². The van der Waals surface area contributed by atoms with Gasteiger partial charge >= 0.3 is 5.97 Å². The average molecular weight is 410 g/mol. The van der Waals surface area contributed by atoms with Crippen LogP contribution in [0.1, 0.15) is 36.0 Å². The van der Waals surface area contributed by atoms with Gasteiger partial charge in [0, 0.05) is 17.0 Å². The van der Waals surface area contributed by atoms with E-state index in [1.165, 1.54) is 11.3 Å². The zero-order chi connectivity index (χ0) is 20.4. The number of carbonyl (C=O) groups is 3. The van der Waals surface area contributed by atoms with E-state index in [9.17, 15) is 19.5 Å². The summed E-state index contributed by atoms with van der Waals surface area (Å²) in [5.41, 5.74) is 2.11. The Labute approximate surface area is 172 Å². The third-order valence-corrected chi connectivity index (χ3v) is 6.23. The van der Waals surface area contributed by atoms with Crippen LogP contribution < -0.4 is 10.6 Å². The van der Waals surface area contributed by atoms with Crippen molar-refractivity contribution in [2.75, 3.05) is 5.32 Å². The molecule has 1 fully saturated rings. The molecule has 1 saturated carbocycles. The summed E-state index contributed by atoms with van der Waals surface area (Å²) < 4.78 is 0. The van der Waals surface area contributed by atoms with E-state index in [0.717, 1.165) is 24.0 Å². The second-order valence-corrected chi connectivity index (χ2v) is 8.33. The summed E-state index contributed by atoms with van der Waals surface area (Å²) >= 11 is 1.29. The third-order valence-electron chi connectivity index (χ3n) is 5.34. The van der Waals surface area contributed by atoms with Crippen LogP contribution in [-0.2, 0) is 9.59 Å². The molecule has 29 heavy (non-hydrogen) atoms. The van der Waals surface area contributed by atoms with Gasteiger partial charge in [0.15, 0.2) is 0 Å². The maximum atomic E-state index is 12.9. The number of carboxylic acids is 1. The lowest BCUT2D eigenvalue weighted by Crippen LogP contribution is -2.35. The molecule has 6 nitrogen and oxygen atoms in total. The van der Waals surface area contributed by atoms with Crippen molar-refractivity contribution >= 4 is 34.1 Å². The summed E-state index contributed by atoms with van der Waals surface area (Å²) in [5.74, 6) is -2.95. The molecule has 0 saturated heterocycles. The Kier molecular flexibility index (Phi) is 5.49. The lowest BCUT2D eigenvalue weighted by atomic mass is 9.82. The molecule has 1 heterocycles. The van der Waals surface area contributed by atoms with E-state index in [2.05, 4.69) is 10.6 Å². The summed E-state index contributed by atoms with van der Waals surface area (Å²) in [7, 11) is 0. The van der Waals surface area contributed by atoms with E-state index in [0.29, 0.717) is 23.4 Å². The molecule has 3 N–H and O–H groups in total. The zero-order valence-electron chi connectivity index (χ0n) is 15.8. The Bertz CT molecular complexity index is 962. The van der Waals surface area contributed by atoms with Gasteiger partial charge in [-0.1, -0.05) is 42.5 Å². The fraction of sp³-hybridized carbons (Fsp3) is 0.318. The lowest BCUT2D eigenvalue weighted by Gasteiger charge is -2.24. The molecule has 1 aromatic carbocycles. The van der Waals surface area contributed by atoms with Crippen LogP contribution in [0.4, 0.5) is 5.00 Å². The molecule has 2 amide bonds. The highest BCUT2D eigenvalue weighted by Gasteiger charge is 2.35. The smallest absolute Gasteiger partial charge is 0.307 e. The molecule has 4 rings (SSSR count). The summed E-state index contributed by atoms with van der Waals surface area (Å²) in [5, 5.41) is 17.6. The SMILES string of the molecule is O=C(NC1CC1)c1c(-c2ccccc2)csc1NC(=O)[C@@H]1CC=CC[C@H]1C(=O)O. The van der Waals surface area contributed by atoms with Gasteiger partial charge in [0.05, 0.1) is 17.4 Å². The number of carboxylic acid groups (broad SMARTS) is 1. The monoisotopic (exact) mass is 410 g/mol. The Morgan fingerprint density at radius 1 is 1.00 bits per heavy atom.